The number of amides is 1. The van der Waals surface area contributed by atoms with Crippen molar-refractivity contribution in [3.8, 4) is 0 Å². The largest absolute Gasteiger partial charge is 0.481 e. The van der Waals surface area contributed by atoms with Gasteiger partial charge < -0.3 is 15.2 Å². The van der Waals surface area contributed by atoms with Crippen molar-refractivity contribution in [2.24, 2.45) is 5.92 Å². The summed E-state index contributed by atoms with van der Waals surface area (Å²) in [7, 11) is 0. The SMILES string of the molecule is CCC1CCCCC1(CC(=O)O)NC(=O)OCc1ccccc1. The van der Waals surface area contributed by atoms with Crippen molar-refractivity contribution in [2.75, 3.05) is 0 Å². The second kappa shape index (κ2) is 7.99. The standard InChI is InChI=1S/C18H25NO4/c1-2-15-10-6-7-11-18(15,12-16(20)21)19-17(22)23-13-14-8-4-3-5-9-14/h3-5,8-9,15H,2,6-7,10-13H2,1H3,(H,19,22)(H,20,21). The lowest BCUT2D eigenvalue weighted by molar-refractivity contribution is -0.139. The summed E-state index contributed by atoms with van der Waals surface area (Å²) in [6.07, 6.45) is 3.93. The van der Waals surface area contributed by atoms with Crippen LogP contribution >= 0.6 is 0 Å². The van der Waals surface area contributed by atoms with E-state index in [1.54, 1.807) is 0 Å². The molecule has 23 heavy (non-hydrogen) atoms. The predicted molar refractivity (Wildman–Crippen MR) is 87.0 cm³/mol. The number of benzene rings is 1. The van der Waals surface area contributed by atoms with Crippen LogP contribution in [0.2, 0.25) is 0 Å². The number of ether oxygens (including phenoxy) is 1. The van der Waals surface area contributed by atoms with Crippen LogP contribution in [-0.2, 0) is 16.1 Å². The zero-order valence-electron chi connectivity index (χ0n) is 13.6. The van der Waals surface area contributed by atoms with E-state index in [2.05, 4.69) is 5.32 Å². The van der Waals surface area contributed by atoms with E-state index in [1.165, 1.54) is 0 Å². The van der Waals surface area contributed by atoms with Crippen molar-refractivity contribution < 1.29 is 19.4 Å². The topological polar surface area (TPSA) is 75.6 Å². The van der Waals surface area contributed by atoms with Gasteiger partial charge >= 0.3 is 12.1 Å². The van der Waals surface area contributed by atoms with Crippen molar-refractivity contribution in [3.05, 3.63) is 35.9 Å². The Hall–Kier alpha value is -2.04. The molecule has 2 atom stereocenters. The predicted octanol–water partition coefficient (Wildman–Crippen LogP) is 3.73. The maximum absolute atomic E-state index is 12.2. The molecule has 2 N–H and O–H groups in total. The number of nitrogens with one attached hydrogen (secondary N) is 1. The molecular weight excluding hydrogens is 294 g/mol. The Morgan fingerprint density at radius 3 is 2.70 bits per heavy atom. The van der Waals surface area contributed by atoms with Crippen molar-refractivity contribution in [1.29, 1.82) is 0 Å². The molecule has 0 aliphatic heterocycles. The molecule has 0 radical (unpaired) electrons. The monoisotopic (exact) mass is 319 g/mol. The Balaban J connectivity index is 2.01. The van der Waals surface area contributed by atoms with Gasteiger partial charge in [0, 0.05) is 0 Å². The van der Waals surface area contributed by atoms with Gasteiger partial charge in [-0.25, -0.2) is 4.79 Å². The molecule has 0 bridgehead atoms. The normalized spacial score (nSPS) is 24.0. The highest BCUT2D eigenvalue weighted by Crippen LogP contribution is 2.38. The Labute approximate surface area is 137 Å². The maximum atomic E-state index is 12.2. The van der Waals surface area contributed by atoms with Crippen molar-refractivity contribution in [2.45, 2.75) is 57.6 Å². The zero-order chi connectivity index (χ0) is 16.7. The third kappa shape index (κ3) is 4.71. The highest BCUT2D eigenvalue weighted by molar-refractivity contribution is 5.73. The summed E-state index contributed by atoms with van der Waals surface area (Å²) in [5, 5.41) is 12.2. The molecule has 1 aromatic rings. The van der Waals surface area contributed by atoms with Gasteiger partial charge in [-0.3, -0.25) is 4.79 Å². The Morgan fingerprint density at radius 1 is 1.30 bits per heavy atom. The van der Waals surface area contributed by atoms with Gasteiger partial charge in [0.05, 0.1) is 12.0 Å². The van der Waals surface area contributed by atoms with Gasteiger partial charge in [0.1, 0.15) is 6.61 Å². The molecule has 5 nitrogen and oxygen atoms in total. The summed E-state index contributed by atoms with van der Waals surface area (Å²) in [5.74, 6) is -0.703. The lowest BCUT2D eigenvalue weighted by Gasteiger charge is -2.43. The number of carbonyl (C=O) groups is 2. The molecule has 1 aliphatic carbocycles. The van der Waals surface area contributed by atoms with E-state index < -0.39 is 17.6 Å². The van der Waals surface area contributed by atoms with E-state index in [1.807, 2.05) is 37.3 Å². The number of aliphatic carboxylic acids is 1. The first-order valence-corrected chi connectivity index (χ1v) is 8.26. The first kappa shape index (κ1) is 17.3. The van der Waals surface area contributed by atoms with E-state index in [9.17, 15) is 14.7 Å². The van der Waals surface area contributed by atoms with Crippen LogP contribution in [0, 0.1) is 5.92 Å². The second-order valence-electron chi connectivity index (χ2n) is 6.26. The average Bonchev–Trinajstić information content (AvgIpc) is 2.53. The van der Waals surface area contributed by atoms with Crippen molar-refractivity contribution >= 4 is 12.1 Å². The molecule has 0 heterocycles. The summed E-state index contributed by atoms with van der Waals surface area (Å²) in [5.41, 5.74) is 0.220. The fourth-order valence-corrected chi connectivity index (χ4v) is 3.58. The van der Waals surface area contributed by atoms with E-state index in [-0.39, 0.29) is 18.9 Å². The number of carboxylic acid groups (broad SMARTS) is 1. The molecule has 5 heteroatoms. The molecular formula is C18H25NO4. The third-order valence-electron chi connectivity index (χ3n) is 4.73. The summed E-state index contributed by atoms with van der Waals surface area (Å²) < 4.78 is 5.29. The first-order chi connectivity index (χ1) is 11.1. The number of hydrogen-bond donors (Lipinski definition) is 2. The van der Waals surface area contributed by atoms with Gasteiger partial charge in [0.2, 0.25) is 0 Å². The molecule has 1 aromatic carbocycles. The highest BCUT2D eigenvalue weighted by Gasteiger charge is 2.43. The van der Waals surface area contributed by atoms with E-state index >= 15 is 0 Å². The van der Waals surface area contributed by atoms with Crippen molar-refractivity contribution in [1.82, 2.24) is 5.32 Å². The highest BCUT2D eigenvalue weighted by atomic mass is 16.5. The minimum atomic E-state index is -0.881. The van der Waals surface area contributed by atoms with Crippen LogP contribution in [0.3, 0.4) is 0 Å². The number of carbonyl (C=O) groups excluding carboxylic acids is 1. The molecule has 2 rings (SSSR count). The molecule has 0 saturated heterocycles. The van der Waals surface area contributed by atoms with E-state index in [0.29, 0.717) is 6.42 Å². The molecule has 0 aromatic heterocycles. The molecule has 1 saturated carbocycles. The number of hydrogen-bond acceptors (Lipinski definition) is 3. The average molecular weight is 319 g/mol. The van der Waals surface area contributed by atoms with Crippen LogP contribution in [0.4, 0.5) is 4.79 Å². The van der Waals surface area contributed by atoms with Gasteiger partial charge in [0.25, 0.3) is 0 Å². The first-order valence-electron chi connectivity index (χ1n) is 8.26. The molecule has 126 valence electrons. The van der Waals surface area contributed by atoms with Gasteiger partial charge in [-0.15, -0.1) is 0 Å². The van der Waals surface area contributed by atoms with Gasteiger partial charge in [0.15, 0.2) is 0 Å². The van der Waals surface area contributed by atoms with Crippen molar-refractivity contribution in [3.63, 3.8) is 0 Å². The molecule has 2 unspecified atom stereocenters. The van der Waals surface area contributed by atoms with Crippen LogP contribution in [0.5, 0.6) is 0 Å². The number of carboxylic acids is 1. The van der Waals surface area contributed by atoms with Gasteiger partial charge in [-0.05, 0) is 24.3 Å². The lowest BCUT2D eigenvalue weighted by atomic mass is 9.69. The third-order valence-corrected chi connectivity index (χ3v) is 4.73. The van der Waals surface area contributed by atoms with Crippen LogP contribution in [0.1, 0.15) is 51.0 Å². The minimum Gasteiger partial charge on any atom is -0.481 e. The minimum absolute atomic E-state index is 0.0497. The Bertz CT molecular complexity index is 531. The van der Waals surface area contributed by atoms with E-state index in [4.69, 9.17) is 4.74 Å². The molecule has 1 aliphatic rings. The summed E-state index contributed by atoms with van der Waals surface area (Å²) in [4.78, 5) is 23.5. The summed E-state index contributed by atoms with van der Waals surface area (Å²) in [6, 6.07) is 9.44. The maximum Gasteiger partial charge on any atom is 0.407 e. The van der Waals surface area contributed by atoms with Crippen LogP contribution < -0.4 is 5.32 Å². The van der Waals surface area contributed by atoms with Crippen LogP contribution in [0.15, 0.2) is 30.3 Å². The zero-order valence-corrected chi connectivity index (χ0v) is 13.6. The summed E-state index contributed by atoms with van der Waals surface area (Å²) in [6.45, 7) is 2.23. The molecule has 0 spiro atoms. The summed E-state index contributed by atoms with van der Waals surface area (Å²) >= 11 is 0. The van der Waals surface area contributed by atoms with E-state index in [0.717, 1.165) is 31.2 Å². The number of rotatable bonds is 6. The molecule has 1 amide bonds. The Kier molecular flexibility index (Phi) is 6.02. The smallest absolute Gasteiger partial charge is 0.407 e. The fraction of sp³-hybridized carbons (Fsp3) is 0.556. The van der Waals surface area contributed by atoms with Gasteiger partial charge in [-0.2, -0.15) is 0 Å². The van der Waals surface area contributed by atoms with Crippen LogP contribution in [0.25, 0.3) is 0 Å². The fourth-order valence-electron chi connectivity index (χ4n) is 3.58. The number of alkyl carbamates (subject to hydrolysis) is 1. The molecule has 1 fully saturated rings. The van der Waals surface area contributed by atoms with Gasteiger partial charge in [-0.1, -0.05) is 56.5 Å². The second-order valence-corrected chi connectivity index (χ2v) is 6.26. The van der Waals surface area contributed by atoms with Crippen LogP contribution in [-0.4, -0.2) is 22.7 Å². The lowest BCUT2D eigenvalue weighted by Crippen LogP contribution is -2.56. The quantitative estimate of drug-likeness (QED) is 0.838. The Morgan fingerprint density at radius 2 is 2.04 bits per heavy atom.